The minimum atomic E-state index is -4.75. The largest absolute Gasteiger partial charge is 0.458 e. The molecule has 5 nitrogen and oxygen atoms in total. The number of esters is 2. The van der Waals surface area contributed by atoms with E-state index in [1.165, 1.54) is 0 Å². The lowest BCUT2D eigenvalue weighted by molar-refractivity contribution is -0.283. The van der Waals surface area contributed by atoms with Gasteiger partial charge in [-0.05, 0) is 0 Å². The van der Waals surface area contributed by atoms with Crippen LogP contribution in [-0.2, 0) is 23.8 Å². The maximum atomic E-state index is 12.8. The molecule has 4 atom stereocenters. The SMILES string of the molecule is CC(=O)O[C@@H]1[C@H](OC(C)=O)C[C@@H](Br)O[C@@H]1C(F)(F)F. The molecule has 1 aliphatic rings. The second kappa shape index (κ2) is 6.08. The Morgan fingerprint density at radius 1 is 1.21 bits per heavy atom. The molecule has 0 unspecified atom stereocenters. The van der Waals surface area contributed by atoms with Gasteiger partial charge in [0.15, 0.2) is 12.2 Å². The van der Waals surface area contributed by atoms with E-state index in [9.17, 15) is 22.8 Å². The highest BCUT2D eigenvalue weighted by Gasteiger charge is 2.55. The summed E-state index contributed by atoms with van der Waals surface area (Å²) in [6.07, 6.45) is -10.1. The molecular formula is C10H12BrF3O5. The molecule has 9 heteroatoms. The molecule has 1 heterocycles. The zero-order chi connectivity index (χ0) is 14.8. The summed E-state index contributed by atoms with van der Waals surface area (Å²) < 4.78 is 52.6. The third-order valence-electron chi connectivity index (χ3n) is 2.32. The third kappa shape index (κ3) is 4.64. The molecule has 0 aromatic rings. The minimum absolute atomic E-state index is 0.0515. The quantitative estimate of drug-likeness (QED) is 0.563. The Kier molecular flexibility index (Phi) is 5.19. The molecule has 0 aromatic carbocycles. The number of hydrogen-bond acceptors (Lipinski definition) is 5. The molecule has 0 amide bonds. The van der Waals surface area contributed by atoms with E-state index >= 15 is 0 Å². The van der Waals surface area contributed by atoms with Crippen LogP contribution in [0, 0.1) is 0 Å². The number of halogens is 4. The van der Waals surface area contributed by atoms with Gasteiger partial charge in [0.2, 0.25) is 0 Å². The Balaban J connectivity index is 2.98. The van der Waals surface area contributed by atoms with Crippen LogP contribution in [0.2, 0.25) is 0 Å². The van der Waals surface area contributed by atoms with Gasteiger partial charge in [-0.2, -0.15) is 13.2 Å². The second-order valence-electron chi connectivity index (χ2n) is 3.97. The van der Waals surface area contributed by atoms with Crippen LogP contribution in [0.25, 0.3) is 0 Å². The van der Waals surface area contributed by atoms with E-state index in [1.807, 2.05) is 0 Å². The van der Waals surface area contributed by atoms with Crippen molar-refractivity contribution in [2.45, 2.75) is 49.8 Å². The van der Waals surface area contributed by atoms with Crippen molar-refractivity contribution in [1.82, 2.24) is 0 Å². The van der Waals surface area contributed by atoms with Gasteiger partial charge < -0.3 is 14.2 Å². The van der Waals surface area contributed by atoms with Gasteiger partial charge in [-0.25, -0.2) is 0 Å². The molecule has 0 aliphatic carbocycles. The van der Waals surface area contributed by atoms with Crippen molar-refractivity contribution in [2.75, 3.05) is 0 Å². The Labute approximate surface area is 115 Å². The molecule has 1 saturated heterocycles. The maximum Gasteiger partial charge on any atom is 0.418 e. The fourth-order valence-electron chi connectivity index (χ4n) is 1.72. The fourth-order valence-corrected chi connectivity index (χ4v) is 2.33. The maximum absolute atomic E-state index is 12.8. The Morgan fingerprint density at radius 3 is 2.16 bits per heavy atom. The van der Waals surface area contributed by atoms with Gasteiger partial charge in [-0.1, -0.05) is 15.9 Å². The summed E-state index contributed by atoms with van der Waals surface area (Å²) in [6, 6.07) is 0. The van der Waals surface area contributed by atoms with Gasteiger partial charge in [0.25, 0.3) is 0 Å². The summed E-state index contributed by atoms with van der Waals surface area (Å²) in [4.78, 5) is 21.8. The number of carbonyl (C=O) groups is 2. The van der Waals surface area contributed by atoms with Crippen LogP contribution < -0.4 is 0 Å². The fraction of sp³-hybridized carbons (Fsp3) is 0.800. The van der Waals surface area contributed by atoms with E-state index in [4.69, 9.17) is 9.47 Å². The first-order valence-corrected chi connectivity index (χ1v) is 6.23. The smallest absolute Gasteiger partial charge is 0.418 e. The van der Waals surface area contributed by atoms with Gasteiger partial charge in [-0.15, -0.1) is 0 Å². The van der Waals surface area contributed by atoms with Crippen molar-refractivity contribution in [3.05, 3.63) is 0 Å². The lowest BCUT2D eigenvalue weighted by atomic mass is 10.0. The zero-order valence-corrected chi connectivity index (χ0v) is 11.7. The highest BCUT2D eigenvalue weighted by atomic mass is 79.9. The Morgan fingerprint density at radius 2 is 1.74 bits per heavy atom. The second-order valence-corrected chi connectivity index (χ2v) is 4.99. The van der Waals surface area contributed by atoms with Crippen molar-refractivity contribution in [3.63, 3.8) is 0 Å². The molecule has 19 heavy (non-hydrogen) atoms. The van der Waals surface area contributed by atoms with Crippen LogP contribution in [0.15, 0.2) is 0 Å². The molecule has 0 spiro atoms. The van der Waals surface area contributed by atoms with Crippen molar-refractivity contribution >= 4 is 27.9 Å². The van der Waals surface area contributed by atoms with Gasteiger partial charge in [0.1, 0.15) is 11.1 Å². The standard InChI is InChI=1S/C10H12BrF3O5/c1-4(15)17-6-3-7(11)19-9(10(12,13)14)8(6)18-5(2)16/h6-9H,3H2,1-2H3/t6-,7+,8-,9+/m1/s1. The van der Waals surface area contributed by atoms with Crippen molar-refractivity contribution in [2.24, 2.45) is 0 Å². The molecular weight excluding hydrogens is 337 g/mol. The molecule has 0 aromatic heterocycles. The van der Waals surface area contributed by atoms with Gasteiger partial charge in [0.05, 0.1) is 0 Å². The Hall–Kier alpha value is -0.830. The highest BCUT2D eigenvalue weighted by molar-refractivity contribution is 9.09. The average Bonchev–Trinajstić information content (AvgIpc) is 2.18. The molecule has 0 bridgehead atoms. The molecule has 1 aliphatic heterocycles. The number of alkyl halides is 4. The van der Waals surface area contributed by atoms with Crippen LogP contribution in [0.1, 0.15) is 20.3 Å². The van der Waals surface area contributed by atoms with E-state index in [2.05, 4.69) is 20.7 Å². The summed E-state index contributed by atoms with van der Waals surface area (Å²) in [5, 5.41) is -0.949. The van der Waals surface area contributed by atoms with Gasteiger partial charge in [0, 0.05) is 20.3 Å². The van der Waals surface area contributed by atoms with Crippen LogP contribution >= 0.6 is 15.9 Å². The summed E-state index contributed by atoms with van der Waals surface area (Å²) in [6.45, 7) is 2.03. The lowest BCUT2D eigenvalue weighted by Crippen LogP contribution is -2.56. The summed E-state index contributed by atoms with van der Waals surface area (Å²) in [5.41, 5.74) is 0. The van der Waals surface area contributed by atoms with Crippen LogP contribution in [0.4, 0.5) is 13.2 Å². The summed E-state index contributed by atoms with van der Waals surface area (Å²) >= 11 is 2.89. The van der Waals surface area contributed by atoms with E-state index in [0.29, 0.717) is 0 Å². The lowest BCUT2D eigenvalue weighted by Gasteiger charge is -2.39. The van der Waals surface area contributed by atoms with E-state index in [0.717, 1.165) is 13.8 Å². The topological polar surface area (TPSA) is 61.8 Å². The monoisotopic (exact) mass is 348 g/mol. The number of ether oxygens (including phenoxy) is 3. The van der Waals surface area contributed by atoms with Gasteiger partial charge >= 0.3 is 18.1 Å². The van der Waals surface area contributed by atoms with Crippen molar-refractivity contribution in [3.8, 4) is 0 Å². The first kappa shape index (κ1) is 16.2. The van der Waals surface area contributed by atoms with Crippen molar-refractivity contribution in [1.29, 1.82) is 0 Å². The van der Waals surface area contributed by atoms with E-state index < -0.39 is 41.4 Å². The first-order chi connectivity index (χ1) is 8.61. The Bertz CT molecular complexity index is 360. The predicted molar refractivity (Wildman–Crippen MR) is 59.4 cm³/mol. The summed E-state index contributed by atoms with van der Waals surface area (Å²) in [7, 11) is 0. The van der Waals surface area contributed by atoms with Gasteiger partial charge in [-0.3, -0.25) is 9.59 Å². The van der Waals surface area contributed by atoms with Crippen LogP contribution in [0.3, 0.4) is 0 Å². The predicted octanol–water partition coefficient (Wildman–Crippen LogP) is 1.92. The van der Waals surface area contributed by atoms with Crippen molar-refractivity contribution < 1.29 is 37.0 Å². The molecule has 0 saturated carbocycles. The molecule has 1 fully saturated rings. The van der Waals surface area contributed by atoms with Crippen LogP contribution in [0.5, 0.6) is 0 Å². The molecule has 0 N–H and O–H groups in total. The first-order valence-electron chi connectivity index (χ1n) is 5.32. The normalized spacial score (nSPS) is 31.7. The molecule has 0 radical (unpaired) electrons. The molecule has 1 rings (SSSR count). The number of rotatable bonds is 2. The third-order valence-corrected chi connectivity index (χ3v) is 2.91. The highest BCUT2D eigenvalue weighted by Crippen LogP contribution is 2.37. The molecule has 110 valence electrons. The average molecular weight is 349 g/mol. The zero-order valence-electron chi connectivity index (χ0n) is 10.1. The summed E-state index contributed by atoms with van der Waals surface area (Å²) in [5.74, 6) is -1.67. The van der Waals surface area contributed by atoms with E-state index in [1.54, 1.807) is 0 Å². The van der Waals surface area contributed by atoms with Crippen LogP contribution in [-0.4, -0.2) is 41.4 Å². The van der Waals surface area contributed by atoms with E-state index in [-0.39, 0.29) is 6.42 Å². The number of carbonyl (C=O) groups excluding carboxylic acids is 2. The number of hydrogen-bond donors (Lipinski definition) is 0. The minimum Gasteiger partial charge on any atom is -0.458 e.